The third-order valence-corrected chi connectivity index (χ3v) is 6.72. The minimum absolute atomic E-state index is 0.0253. The number of nitrogens with one attached hydrogen (secondary N) is 1. The fourth-order valence-corrected chi connectivity index (χ4v) is 5.10. The van der Waals surface area contributed by atoms with E-state index < -0.39 is 27.7 Å². The average Bonchev–Trinajstić information content (AvgIpc) is 3.40. The molecule has 196 valence electrons. The molecule has 1 amide bonds. The van der Waals surface area contributed by atoms with Crippen molar-refractivity contribution in [1.82, 2.24) is 19.7 Å². The van der Waals surface area contributed by atoms with Crippen molar-refractivity contribution in [1.29, 1.82) is 0 Å². The van der Waals surface area contributed by atoms with Crippen LogP contribution < -0.4 is 9.62 Å². The first-order chi connectivity index (χ1) is 17.8. The van der Waals surface area contributed by atoms with Gasteiger partial charge in [-0.2, -0.15) is 13.2 Å². The second-order valence-electron chi connectivity index (χ2n) is 8.66. The number of hydrogen-bond acceptors (Lipinski definition) is 6. The monoisotopic (exact) mass is 562 g/mol. The van der Waals surface area contributed by atoms with Crippen molar-refractivity contribution >= 4 is 39.0 Å². The minimum atomic E-state index is -4.63. The number of benzene rings is 2. The van der Waals surface area contributed by atoms with Crippen molar-refractivity contribution in [2.24, 2.45) is 7.05 Å². The molecule has 0 bridgehead atoms. The zero-order valence-electron chi connectivity index (χ0n) is 19.8. The molecule has 0 fully saturated rings. The number of rotatable bonds is 5. The predicted octanol–water partition coefficient (Wildman–Crippen LogP) is 4.75. The molecule has 1 aliphatic rings. The molecule has 3 heterocycles. The van der Waals surface area contributed by atoms with Crippen LogP contribution in [-0.4, -0.2) is 40.3 Å². The lowest BCUT2D eigenvalue weighted by Crippen LogP contribution is -2.24. The number of fused-ring (bicyclic) bond motifs is 1. The normalized spacial score (nSPS) is 13.6. The maximum Gasteiger partial charge on any atom is 0.416 e. The molecule has 2 aromatic carbocycles. The molecule has 0 spiro atoms. The van der Waals surface area contributed by atoms with Crippen LogP contribution in [-0.2, 0) is 29.8 Å². The number of alkyl halides is 3. The van der Waals surface area contributed by atoms with Gasteiger partial charge in [-0.05, 0) is 59.2 Å². The van der Waals surface area contributed by atoms with Gasteiger partial charge in [0.15, 0.2) is 5.82 Å². The molecule has 0 atom stereocenters. The van der Waals surface area contributed by atoms with Crippen LogP contribution in [0.3, 0.4) is 0 Å². The van der Waals surface area contributed by atoms with E-state index in [0.29, 0.717) is 22.5 Å². The first kappa shape index (κ1) is 25.7. The first-order valence-corrected chi connectivity index (χ1v) is 13.2. The number of aryl methyl sites for hydroxylation is 1. The molecular formula is C24H18ClF3N6O3S. The fourth-order valence-electron chi connectivity index (χ4n) is 4.34. The SMILES string of the molecule is Cn1cnnc1-c1ccc(NS(C)(=O)=O)cc1-c1cc(Cl)nc(N2Cc3c(cccc3C(F)(F)F)C2=O)c1. The number of pyridine rings is 1. The van der Waals surface area contributed by atoms with E-state index >= 15 is 0 Å². The summed E-state index contributed by atoms with van der Waals surface area (Å²) in [5.41, 5.74) is 0.609. The zero-order valence-corrected chi connectivity index (χ0v) is 21.4. The molecule has 0 aliphatic carbocycles. The number of carbonyl (C=O) groups excluding carboxylic acids is 1. The quantitative estimate of drug-likeness (QED) is 0.352. The third-order valence-electron chi connectivity index (χ3n) is 5.92. The molecule has 38 heavy (non-hydrogen) atoms. The van der Waals surface area contributed by atoms with Crippen molar-refractivity contribution in [2.75, 3.05) is 15.9 Å². The van der Waals surface area contributed by atoms with Crippen LogP contribution in [0.15, 0.2) is 54.9 Å². The molecule has 4 aromatic rings. The van der Waals surface area contributed by atoms with Gasteiger partial charge in [0.1, 0.15) is 17.3 Å². The smallest absolute Gasteiger partial charge is 0.317 e. The number of hydrogen-bond donors (Lipinski definition) is 1. The molecule has 0 saturated heterocycles. The van der Waals surface area contributed by atoms with E-state index in [1.807, 2.05) is 0 Å². The van der Waals surface area contributed by atoms with Gasteiger partial charge in [-0.25, -0.2) is 13.4 Å². The maximum atomic E-state index is 13.6. The Kier molecular flexibility index (Phi) is 6.15. The highest BCUT2D eigenvalue weighted by atomic mass is 35.5. The van der Waals surface area contributed by atoms with E-state index in [9.17, 15) is 26.4 Å². The molecule has 2 aromatic heterocycles. The topological polar surface area (TPSA) is 110 Å². The largest absolute Gasteiger partial charge is 0.416 e. The van der Waals surface area contributed by atoms with Gasteiger partial charge in [-0.3, -0.25) is 14.4 Å². The Bertz CT molecular complexity index is 1700. The lowest BCUT2D eigenvalue weighted by molar-refractivity contribution is -0.138. The van der Waals surface area contributed by atoms with Crippen LogP contribution in [0.5, 0.6) is 0 Å². The lowest BCUT2D eigenvalue weighted by Gasteiger charge is -2.18. The summed E-state index contributed by atoms with van der Waals surface area (Å²) in [7, 11) is -1.87. The van der Waals surface area contributed by atoms with E-state index in [0.717, 1.165) is 17.2 Å². The van der Waals surface area contributed by atoms with Crippen LogP contribution in [0, 0.1) is 0 Å². The standard InChI is InChI=1S/C24H18ClF3N6O3S/c1-33-12-29-31-22(33)15-7-6-14(32-38(2,36)37)10-17(15)13-8-20(25)30-21(9-13)34-11-18-16(23(34)35)4-3-5-19(18)24(26,27)28/h3-10,12,32H,11H2,1-2H3. The van der Waals surface area contributed by atoms with Crippen molar-refractivity contribution < 1.29 is 26.4 Å². The van der Waals surface area contributed by atoms with Gasteiger partial charge in [0.2, 0.25) is 10.0 Å². The highest BCUT2D eigenvalue weighted by Gasteiger charge is 2.40. The summed E-state index contributed by atoms with van der Waals surface area (Å²) >= 11 is 6.32. The summed E-state index contributed by atoms with van der Waals surface area (Å²) in [6, 6.07) is 11.2. The van der Waals surface area contributed by atoms with Crippen LogP contribution in [0.2, 0.25) is 5.15 Å². The highest BCUT2D eigenvalue weighted by Crippen LogP contribution is 2.40. The van der Waals surface area contributed by atoms with Gasteiger partial charge in [0.25, 0.3) is 5.91 Å². The minimum Gasteiger partial charge on any atom is -0.317 e. The van der Waals surface area contributed by atoms with Gasteiger partial charge in [-0.1, -0.05) is 17.7 Å². The second-order valence-corrected chi connectivity index (χ2v) is 10.8. The van der Waals surface area contributed by atoms with Gasteiger partial charge >= 0.3 is 6.18 Å². The van der Waals surface area contributed by atoms with Crippen LogP contribution in [0.1, 0.15) is 21.5 Å². The second kappa shape index (κ2) is 9.10. The number of anilines is 2. The molecule has 5 rings (SSSR count). The predicted molar refractivity (Wildman–Crippen MR) is 135 cm³/mol. The third kappa shape index (κ3) is 4.82. The van der Waals surface area contributed by atoms with Gasteiger partial charge in [-0.15, -0.1) is 10.2 Å². The number of halogens is 4. The average molecular weight is 563 g/mol. The van der Waals surface area contributed by atoms with Crippen molar-refractivity contribution in [3.05, 3.63) is 76.7 Å². The van der Waals surface area contributed by atoms with Gasteiger partial charge in [0.05, 0.1) is 18.4 Å². The van der Waals surface area contributed by atoms with E-state index in [-0.39, 0.29) is 34.3 Å². The number of nitrogens with zero attached hydrogens (tertiary/aromatic N) is 5. The lowest BCUT2D eigenvalue weighted by atomic mass is 9.99. The summed E-state index contributed by atoms with van der Waals surface area (Å²) < 4.78 is 68.5. The van der Waals surface area contributed by atoms with E-state index in [2.05, 4.69) is 19.9 Å². The number of carbonyl (C=O) groups is 1. The molecule has 14 heteroatoms. The molecule has 1 aliphatic heterocycles. The number of aromatic nitrogens is 4. The van der Waals surface area contributed by atoms with Crippen LogP contribution in [0.25, 0.3) is 22.5 Å². The zero-order chi connectivity index (χ0) is 27.4. The summed E-state index contributed by atoms with van der Waals surface area (Å²) in [6.45, 7) is -0.345. The Morgan fingerprint density at radius 3 is 2.47 bits per heavy atom. The molecule has 9 nitrogen and oxygen atoms in total. The number of amides is 1. The Labute approximate surface area is 219 Å². The van der Waals surface area contributed by atoms with E-state index in [1.165, 1.54) is 30.6 Å². The number of sulfonamides is 1. The Morgan fingerprint density at radius 1 is 1.05 bits per heavy atom. The van der Waals surface area contributed by atoms with Gasteiger partial charge in [0, 0.05) is 23.9 Å². The molecule has 0 radical (unpaired) electrons. The van der Waals surface area contributed by atoms with Crippen molar-refractivity contribution in [3.8, 4) is 22.5 Å². The van der Waals surface area contributed by atoms with Gasteiger partial charge < -0.3 is 4.57 Å². The molecule has 1 N–H and O–H groups in total. The molecule has 0 unspecified atom stereocenters. The maximum absolute atomic E-state index is 13.6. The van der Waals surface area contributed by atoms with E-state index in [4.69, 9.17) is 11.6 Å². The highest BCUT2D eigenvalue weighted by molar-refractivity contribution is 7.92. The Morgan fingerprint density at radius 2 is 1.82 bits per heavy atom. The molecular weight excluding hydrogens is 545 g/mol. The Balaban J connectivity index is 1.64. The van der Waals surface area contributed by atoms with Crippen LogP contribution in [0.4, 0.5) is 24.7 Å². The summed E-state index contributed by atoms with van der Waals surface area (Å²) in [6.07, 6.45) is -2.13. The Hall–Kier alpha value is -3.97. The summed E-state index contributed by atoms with van der Waals surface area (Å²) in [4.78, 5) is 18.4. The fraction of sp³-hybridized carbons (Fsp3) is 0.167. The first-order valence-electron chi connectivity index (χ1n) is 11.0. The van der Waals surface area contributed by atoms with Crippen molar-refractivity contribution in [3.63, 3.8) is 0 Å². The van der Waals surface area contributed by atoms with Crippen LogP contribution >= 0.6 is 11.6 Å². The summed E-state index contributed by atoms with van der Waals surface area (Å²) in [5, 5.41) is 7.99. The van der Waals surface area contributed by atoms with Crippen molar-refractivity contribution in [2.45, 2.75) is 12.7 Å². The van der Waals surface area contributed by atoms with E-state index in [1.54, 1.807) is 29.8 Å². The molecule has 0 saturated carbocycles. The summed E-state index contributed by atoms with van der Waals surface area (Å²) in [5.74, 6) is -0.153.